The van der Waals surface area contributed by atoms with Gasteiger partial charge in [0.25, 0.3) is 0 Å². The smallest absolute Gasteiger partial charge is 0.186 e. The second-order valence-electron chi connectivity index (χ2n) is 3.02. The van der Waals surface area contributed by atoms with E-state index in [1.54, 1.807) is 0 Å². The topological polar surface area (TPSA) is 71.5 Å². The molecule has 0 bridgehead atoms. The highest BCUT2D eigenvalue weighted by Gasteiger charge is 2.57. The molecule has 2 fully saturated rings. The molecule has 70 valence electrons. The summed E-state index contributed by atoms with van der Waals surface area (Å²) in [5.74, 6) is 0. The van der Waals surface area contributed by atoms with Gasteiger partial charge in [0.15, 0.2) is 6.29 Å². The predicted molar refractivity (Wildman–Crippen MR) is 37.4 cm³/mol. The zero-order valence-electron chi connectivity index (χ0n) is 6.71. The highest BCUT2D eigenvalue weighted by molar-refractivity contribution is 5.00. The summed E-state index contributed by atoms with van der Waals surface area (Å²) in [7, 11) is 1.51. The zero-order chi connectivity index (χ0) is 8.72. The van der Waals surface area contributed by atoms with Crippen LogP contribution in [0.25, 0.3) is 0 Å². The Morgan fingerprint density at radius 2 is 2.08 bits per heavy atom. The van der Waals surface area contributed by atoms with Crippen LogP contribution in [0.3, 0.4) is 0 Å². The Kier molecular flexibility index (Phi) is 2.05. The molecule has 0 spiro atoms. The highest BCUT2D eigenvalue weighted by Crippen LogP contribution is 2.37. The fourth-order valence-electron chi connectivity index (χ4n) is 1.51. The molecule has 5 nitrogen and oxygen atoms in total. The Bertz CT molecular complexity index is 173. The van der Waals surface area contributed by atoms with Gasteiger partial charge in [-0.05, 0) is 0 Å². The van der Waals surface area contributed by atoms with E-state index in [0.29, 0.717) is 0 Å². The summed E-state index contributed by atoms with van der Waals surface area (Å²) in [6.07, 6.45) is -2.14. The van der Waals surface area contributed by atoms with Crippen molar-refractivity contribution in [2.45, 2.75) is 30.7 Å². The number of ether oxygens (including phenoxy) is 3. The van der Waals surface area contributed by atoms with Crippen LogP contribution in [-0.4, -0.2) is 54.6 Å². The zero-order valence-corrected chi connectivity index (χ0v) is 6.71. The van der Waals surface area contributed by atoms with Crippen molar-refractivity contribution in [3.05, 3.63) is 0 Å². The van der Waals surface area contributed by atoms with Crippen molar-refractivity contribution in [2.24, 2.45) is 0 Å². The Labute approximate surface area is 69.8 Å². The first-order valence-corrected chi connectivity index (χ1v) is 3.90. The van der Waals surface area contributed by atoms with Crippen molar-refractivity contribution in [3.8, 4) is 0 Å². The van der Waals surface area contributed by atoms with Crippen molar-refractivity contribution >= 4 is 0 Å². The van der Waals surface area contributed by atoms with Crippen molar-refractivity contribution in [1.82, 2.24) is 0 Å². The molecule has 2 aliphatic rings. The molecule has 0 radical (unpaired) electrons. The fraction of sp³-hybridized carbons (Fsp3) is 1.00. The largest absolute Gasteiger partial charge is 0.394 e. The van der Waals surface area contributed by atoms with E-state index in [0.717, 1.165) is 0 Å². The summed E-state index contributed by atoms with van der Waals surface area (Å²) in [6.45, 7) is -0.215. The standard InChI is InChI=1S/C7H12O5/c1-10-7-6-5(12-6)4(9)3(2-8)11-7/h3-9H,2H2,1H3. The summed E-state index contributed by atoms with van der Waals surface area (Å²) in [4.78, 5) is 0. The number of aliphatic hydroxyl groups excluding tert-OH is 2. The van der Waals surface area contributed by atoms with Crippen LogP contribution in [0.5, 0.6) is 0 Å². The summed E-state index contributed by atoms with van der Waals surface area (Å²) in [5.41, 5.74) is 0. The summed E-state index contributed by atoms with van der Waals surface area (Å²) < 4.78 is 15.3. The van der Waals surface area contributed by atoms with Gasteiger partial charge in [-0.1, -0.05) is 0 Å². The van der Waals surface area contributed by atoms with Crippen LogP contribution >= 0.6 is 0 Å². The first-order valence-electron chi connectivity index (χ1n) is 3.90. The summed E-state index contributed by atoms with van der Waals surface area (Å²) >= 11 is 0. The molecule has 0 aromatic heterocycles. The predicted octanol–water partition coefficient (Wildman–Crippen LogP) is -1.52. The Balaban J connectivity index is 2.01. The number of hydrogen-bond acceptors (Lipinski definition) is 5. The molecule has 5 unspecified atom stereocenters. The maximum Gasteiger partial charge on any atom is 0.186 e. The van der Waals surface area contributed by atoms with Gasteiger partial charge in [0, 0.05) is 7.11 Å². The Hall–Kier alpha value is -0.200. The van der Waals surface area contributed by atoms with Crippen LogP contribution in [0, 0.1) is 0 Å². The van der Waals surface area contributed by atoms with E-state index in [1.165, 1.54) is 7.11 Å². The minimum absolute atomic E-state index is 0.159. The lowest BCUT2D eigenvalue weighted by atomic mass is 10.1. The molecule has 0 saturated carbocycles. The van der Waals surface area contributed by atoms with Crippen LogP contribution in [0.4, 0.5) is 0 Å². The third kappa shape index (κ3) is 1.14. The van der Waals surface area contributed by atoms with E-state index in [2.05, 4.69) is 0 Å². The Morgan fingerprint density at radius 1 is 1.33 bits per heavy atom. The van der Waals surface area contributed by atoms with Gasteiger partial charge in [-0.2, -0.15) is 0 Å². The average molecular weight is 176 g/mol. The molecule has 0 aromatic rings. The van der Waals surface area contributed by atoms with Gasteiger partial charge in [-0.3, -0.25) is 0 Å². The monoisotopic (exact) mass is 176 g/mol. The third-order valence-electron chi connectivity index (χ3n) is 2.27. The van der Waals surface area contributed by atoms with Gasteiger partial charge in [0.2, 0.25) is 0 Å². The van der Waals surface area contributed by atoms with E-state index in [1.807, 2.05) is 0 Å². The number of epoxide rings is 1. The van der Waals surface area contributed by atoms with Gasteiger partial charge in [0.05, 0.1) is 6.61 Å². The summed E-state index contributed by atoms with van der Waals surface area (Å²) in [5, 5.41) is 18.2. The van der Waals surface area contributed by atoms with E-state index in [-0.39, 0.29) is 18.8 Å². The van der Waals surface area contributed by atoms with Crippen molar-refractivity contribution < 1.29 is 24.4 Å². The van der Waals surface area contributed by atoms with Gasteiger partial charge in [0.1, 0.15) is 24.4 Å². The van der Waals surface area contributed by atoms with Gasteiger partial charge in [-0.15, -0.1) is 0 Å². The van der Waals surface area contributed by atoms with Gasteiger partial charge >= 0.3 is 0 Å². The molecule has 2 aliphatic heterocycles. The molecule has 0 amide bonds. The van der Waals surface area contributed by atoms with Crippen LogP contribution in [0.2, 0.25) is 0 Å². The SMILES string of the molecule is COC1OC(CO)C(O)C2OC12. The van der Waals surface area contributed by atoms with Crippen molar-refractivity contribution in [1.29, 1.82) is 0 Å². The molecule has 2 saturated heterocycles. The number of fused-ring (bicyclic) bond motifs is 1. The second kappa shape index (κ2) is 2.93. The molecule has 2 heterocycles. The van der Waals surface area contributed by atoms with Crippen molar-refractivity contribution in [3.63, 3.8) is 0 Å². The number of hydrogen-bond donors (Lipinski definition) is 2. The molecule has 0 aromatic carbocycles. The lowest BCUT2D eigenvalue weighted by Crippen LogP contribution is -2.47. The number of methoxy groups -OCH3 is 1. The molecule has 12 heavy (non-hydrogen) atoms. The third-order valence-corrected chi connectivity index (χ3v) is 2.27. The van der Waals surface area contributed by atoms with Crippen LogP contribution in [-0.2, 0) is 14.2 Å². The van der Waals surface area contributed by atoms with Gasteiger partial charge < -0.3 is 24.4 Å². The molecule has 2 N–H and O–H groups in total. The first-order chi connectivity index (χ1) is 5.77. The second-order valence-corrected chi connectivity index (χ2v) is 3.02. The van der Waals surface area contributed by atoms with E-state index >= 15 is 0 Å². The van der Waals surface area contributed by atoms with Crippen LogP contribution < -0.4 is 0 Å². The van der Waals surface area contributed by atoms with E-state index in [9.17, 15) is 5.11 Å². The minimum atomic E-state index is -0.730. The minimum Gasteiger partial charge on any atom is -0.394 e. The normalized spacial score (nSPS) is 51.8. The van der Waals surface area contributed by atoms with Crippen molar-refractivity contribution in [2.75, 3.05) is 13.7 Å². The number of rotatable bonds is 2. The quantitative estimate of drug-likeness (QED) is 0.500. The molecule has 5 heteroatoms. The summed E-state index contributed by atoms with van der Waals surface area (Å²) in [6, 6.07) is 0. The average Bonchev–Trinajstić information content (AvgIpc) is 2.85. The Morgan fingerprint density at radius 3 is 2.67 bits per heavy atom. The van der Waals surface area contributed by atoms with E-state index in [4.69, 9.17) is 19.3 Å². The molecule has 5 atom stereocenters. The van der Waals surface area contributed by atoms with Crippen LogP contribution in [0.1, 0.15) is 0 Å². The maximum absolute atomic E-state index is 9.43. The fourth-order valence-corrected chi connectivity index (χ4v) is 1.51. The van der Waals surface area contributed by atoms with E-state index < -0.39 is 18.5 Å². The highest BCUT2D eigenvalue weighted by atomic mass is 16.7. The van der Waals surface area contributed by atoms with Crippen LogP contribution in [0.15, 0.2) is 0 Å². The lowest BCUT2D eigenvalue weighted by Gasteiger charge is -2.28. The maximum atomic E-state index is 9.43. The molecule has 0 aliphatic carbocycles. The molecule has 2 rings (SSSR count). The molecular weight excluding hydrogens is 164 g/mol. The number of aliphatic hydroxyl groups is 2. The first kappa shape index (κ1) is 8.40. The lowest BCUT2D eigenvalue weighted by molar-refractivity contribution is -0.207. The molecular formula is C7H12O5. The van der Waals surface area contributed by atoms with Gasteiger partial charge in [-0.25, -0.2) is 0 Å².